The van der Waals surface area contributed by atoms with Crippen molar-refractivity contribution < 1.29 is 37.0 Å². The third-order valence-electron chi connectivity index (χ3n) is 9.13. The Balaban J connectivity index is 1.23. The van der Waals surface area contributed by atoms with E-state index in [1.807, 2.05) is 19.2 Å². The Hall–Kier alpha value is -2.85. The zero-order valence-corrected chi connectivity index (χ0v) is 35.1. The lowest BCUT2D eigenvalue weighted by atomic mass is 9.85. The molecule has 0 spiro atoms. The molecule has 0 fully saturated rings. The monoisotopic (exact) mass is 861 g/mol. The number of benzene rings is 2. The summed E-state index contributed by atoms with van der Waals surface area (Å²) in [6.45, 7) is 6.23. The lowest BCUT2D eigenvalue weighted by Crippen LogP contribution is -2.49. The van der Waals surface area contributed by atoms with Crippen LogP contribution in [0.15, 0.2) is 41.3 Å². The second-order valence-corrected chi connectivity index (χ2v) is 16.3. The van der Waals surface area contributed by atoms with Crippen molar-refractivity contribution in [3.05, 3.63) is 63.1 Å². The van der Waals surface area contributed by atoms with Crippen LogP contribution >= 0.6 is 23.2 Å². The number of ether oxygens (including phenoxy) is 4. The zero-order chi connectivity index (χ0) is 41.5. The number of fused-ring (bicyclic) bond motifs is 1. The minimum atomic E-state index is -3.79. The first-order valence-electron chi connectivity index (χ1n) is 19.2. The van der Waals surface area contributed by atoms with E-state index in [1.165, 1.54) is 0 Å². The number of likely N-dealkylation sites (N-methyl/N-ethyl adjacent to an activating group) is 1. The maximum Gasteiger partial charge on any atom is 0.314 e. The molecular weight excluding hydrogens is 801 g/mol. The van der Waals surface area contributed by atoms with Crippen LogP contribution in [-0.2, 0) is 35.5 Å². The highest BCUT2D eigenvalue weighted by Crippen LogP contribution is 2.38. The molecule has 0 radical (unpaired) electrons. The van der Waals surface area contributed by atoms with Crippen LogP contribution in [0.4, 0.5) is 9.59 Å². The molecule has 2 atom stereocenters. The maximum atomic E-state index is 13.1. The van der Waals surface area contributed by atoms with Crippen molar-refractivity contribution >= 4 is 45.3 Å². The van der Waals surface area contributed by atoms with Gasteiger partial charge in [-0.05, 0) is 73.8 Å². The molecule has 0 aliphatic carbocycles. The average Bonchev–Trinajstić information content (AvgIpc) is 3.16. The maximum absolute atomic E-state index is 13.1. The third kappa shape index (κ3) is 18.3. The van der Waals surface area contributed by atoms with Gasteiger partial charge in [0.1, 0.15) is 0 Å². The molecule has 1 aliphatic heterocycles. The molecule has 57 heavy (non-hydrogen) atoms. The minimum absolute atomic E-state index is 0.0824. The molecule has 20 heteroatoms. The third-order valence-corrected chi connectivity index (χ3v) is 11.1. The first-order valence-corrected chi connectivity index (χ1v) is 21.4. The van der Waals surface area contributed by atoms with Crippen LogP contribution in [0, 0.1) is 0 Å². The molecule has 2 aromatic rings. The number of hydrogen-bond acceptors (Lipinski definition) is 12. The number of carbonyl (C=O) groups excluding carboxylic acids is 2. The number of carbonyl (C=O) groups is 2. The van der Waals surface area contributed by atoms with Crippen LogP contribution < -0.4 is 43.2 Å². The lowest BCUT2D eigenvalue weighted by Gasteiger charge is -2.33. The zero-order valence-electron chi connectivity index (χ0n) is 32.8. The number of nitrogens with zero attached hydrogens (tertiary/aromatic N) is 1. The van der Waals surface area contributed by atoms with E-state index in [4.69, 9.17) is 59.4 Å². The van der Waals surface area contributed by atoms with Crippen LogP contribution in [0.25, 0.3) is 0 Å². The number of sulfonamides is 1. The molecule has 322 valence electrons. The fourth-order valence-electron chi connectivity index (χ4n) is 6.20. The second kappa shape index (κ2) is 26.3. The summed E-state index contributed by atoms with van der Waals surface area (Å²) < 4.78 is 50.4. The Morgan fingerprint density at radius 3 is 1.91 bits per heavy atom. The van der Waals surface area contributed by atoms with Gasteiger partial charge in [-0.15, -0.1) is 0 Å². The van der Waals surface area contributed by atoms with E-state index in [9.17, 15) is 18.0 Å². The van der Waals surface area contributed by atoms with Crippen LogP contribution in [0.1, 0.15) is 41.9 Å². The molecule has 11 N–H and O–H groups in total. The van der Waals surface area contributed by atoms with Gasteiger partial charge < -0.3 is 62.3 Å². The normalized spacial score (nSPS) is 15.4. The molecule has 3 rings (SSSR count). The van der Waals surface area contributed by atoms with Crippen LogP contribution in [0.3, 0.4) is 0 Å². The largest absolute Gasteiger partial charge is 0.378 e. The number of nitrogens with two attached hydrogens (primary N) is 3. The Morgan fingerprint density at radius 1 is 0.772 bits per heavy atom. The van der Waals surface area contributed by atoms with Crippen molar-refractivity contribution in [3.8, 4) is 0 Å². The number of amides is 4. The lowest BCUT2D eigenvalue weighted by molar-refractivity contribution is 0.0516. The number of urea groups is 2. The van der Waals surface area contributed by atoms with E-state index in [2.05, 4.69) is 30.9 Å². The van der Waals surface area contributed by atoms with E-state index in [-0.39, 0.29) is 62.4 Å². The highest BCUT2D eigenvalue weighted by Gasteiger charge is 2.28. The summed E-state index contributed by atoms with van der Waals surface area (Å²) in [5.41, 5.74) is 19.8. The molecule has 1 heterocycles. The van der Waals surface area contributed by atoms with Crippen molar-refractivity contribution in [3.63, 3.8) is 0 Å². The molecule has 1 unspecified atom stereocenters. The second-order valence-electron chi connectivity index (χ2n) is 13.7. The molecule has 1 aliphatic rings. The quantitative estimate of drug-likeness (QED) is 0.0565. The first-order chi connectivity index (χ1) is 27.4. The van der Waals surface area contributed by atoms with Gasteiger partial charge in [-0.25, -0.2) is 22.7 Å². The fourth-order valence-corrected chi connectivity index (χ4v) is 7.84. The van der Waals surface area contributed by atoms with Gasteiger partial charge in [0, 0.05) is 73.9 Å². The Labute approximate surface area is 346 Å². The summed E-state index contributed by atoms with van der Waals surface area (Å²) >= 11 is 12.8. The predicted molar refractivity (Wildman–Crippen MR) is 221 cm³/mol. The molecule has 4 amide bonds. The smallest absolute Gasteiger partial charge is 0.314 e. The number of rotatable bonds is 28. The van der Waals surface area contributed by atoms with Gasteiger partial charge in [0.05, 0.1) is 57.8 Å². The van der Waals surface area contributed by atoms with Crippen LogP contribution in [-0.4, -0.2) is 143 Å². The highest BCUT2D eigenvalue weighted by molar-refractivity contribution is 7.89. The molecular formula is C37H61Cl2N9O8S. The predicted octanol–water partition coefficient (Wildman–Crippen LogP) is 1.30. The van der Waals surface area contributed by atoms with Crippen molar-refractivity contribution in [1.29, 1.82) is 0 Å². The van der Waals surface area contributed by atoms with Gasteiger partial charge in [-0.1, -0.05) is 35.3 Å². The summed E-state index contributed by atoms with van der Waals surface area (Å²) in [5.74, 6) is -0.0890. The van der Waals surface area contributed by atoms with Crippen molar-refractivity contribution in [2.75, 3.05) is 112 Å². The Morgan fingerprint density at radius 2 is 1.33 bits per heavy atom. The Bertz CT molecular complexity index is 1630. The number of hydrogen-bond donors (Lipinski definition) is 8. The topological polar surface area (TPSA) is 247 Å². The standard InChI is InChI=1S/C37H61Cl2N9O8S/c1-48-26-32(31-24-29(38)25-34(39)33(31)27-48)28-3-2-4-30(23-28)57(51,52)47-14-18-56-22-21-55-17-13-46-36(50)44-11-7-37(42,5-8-40)6-10-43-35(49)45-12-16-54-20-19-53-15-9-41/h2-4,23-25,32,47H,5-22,26-27,40-42H2,1H3,(H2,43,45,49)(H2,44,46,50)/t32-,37?/m0/s1. The summed E-state index contributed by atoms with van der Waals surface area (Å²) in [6.07, 6.45) is 1.47. The van der Waals surface area contributed by atoms with Gasteiger partial charge in [-0.3, -0.25) is 0 Å². The van der Waals surface area contributed by atoms with Gasteiger partial charge in [0.2, 0.25) is 10.0 Å². The van der Waals surface area contributed by atoms with E-state index in [1.54, 1.807) is 24.3 Å². The van der Waals surface area contributed by atoms with Crippen LogP contribution in [0.2, 0.25) is 10.0 Å². The summed E-state index contributed by atoms with van der Waals surface area (Å²) in [5, 5.41) is 12.1. The summed E-state index contributed by atoms with van der Waals surface area (Å²) in [4.78, 5) is 26.6. The molecule has 0 saturated heterocycles. The van der Waals surface area contributed by atoms with Crippen molar-refractivity contribution in [1.82, 2.24) is 30.9 Å². The first kappa shape index (κ1) is 48.5. The number of nitrogens with one attached hydrogen (secondary N) is 5. The van der Waals surface area contributed by atoms with Gasteiger partial charge >= 0.3 is 12.1 Å². The average molecular weight is 863 g/mol. The van der Waals surface area contributed by atoms with Crippen molar-refractivity contribution in [2.24, 2.45) is 17.2 Å². The van der Waals surface area contributed by atoms with Gasteiger partial charge in [0.25, 0.3) is 0 Å². The molecule has 0 aromatic heterocycles. The summed E-state index contributed by atoms with van der Waals surface area (Å²) in [7, 11) is -1.78. The van der Waals surface area contributed by atoms with Gasteiger partial charge in [0.15, 0.2) is 0 Å². The van der Waals surface area contributed by atoms with E-state index < -0.39 is 15.6 Å². The van der Waals surface area contributed by atoms with E-state index in [0.29, 0.717) is 102 Å². The van der Waals surface area contributed by atoms with E-state index >= 15 is 0 Å². The fraction of sp³-hybridized carbons (Fsp3) is 0.622. The highest BCUT2D eigenvalue weighted by atomic mass is 35.5. The SMILES string of the molecule is CN1Cc2c(Cl)cc(Cl)cc2[C@H](c2cccc(S(=O)(=O)NCCOCCOCCNC(=O)NCCC(N)(CCN)CCNC(=O)NCCOCCOCCN)c2)C1. The molecule has 0 saturated carbocycles. The molecule has 0 bridgehead atoms. The molecule has 2 aromatic carbocycles. The van der Waals surface area contributed by atoms with Gasteiger partial charge in [-0.2, -0.15) is 0 Å². The van der Waals surface area contributed by atoms with E-state index in [0.717, 1.165) is 16.7 Å². The summed E-state index contributed by atoms with van der Waals surface area (Å²) in [6, 6.07) is 9.85. The number of halogens is 2. The van der Waals surface area contributed by atoms with Crippen LogP contribution in [0.5, 0.6) is 0 Å². The Kier molecular flexibility index (Phi) is 22.4. The molecule has 17 nitrogen and oxygen atoms in total. The minimum Gasteiger partial charge on any atom is -0.378 e. The van der Waals surface area contributed by atoms with Crippen molar-refractivity contribution in [2.45, 2.75) is 42.2 Å².